The molecule has 1 saturated heterocycles. The molecule has 1 aromatic carbocycles. The predicted octanol–water partition coefficient (Wildman–Crippen LogP) is 2.70. The fourth-order valence-corrected chi connectivity index (χ4v) is 3.57. The Hall–Kier alpha value is -0.900. The predicted molar refractivity (Wildman–Crippen MR) is 72.9 cm³/mol. The molecule has 2 atom stereocenters. The Balaban J connectivity index is 1.76. The Kier molecular flexibility index (Phi) is 3.87. The van der Waals surface area contributed by atoms with E-state index in [0.717, 1.165) is 25.7 Å². The van der Waals surface area contributed by atoms with E-state index in [2.05, 4.69) is 12.1 Å². The van der Waals surface area contributed by atoms with E-state index >= 15 is 0 Å². The van der Waals surface area contributed by atoms with Gasteiger partial charge in [0.1, 0.15) is 0 Å². The largest absolute Gasteiger partial charge is 0.396 e. The summed E-state index contributed by atoms with van der Waals surface area (Å²) in [7, 11) is 0. The van der Waals surface area contributed by atoms with Crippen LogP contribution in [-0.2, 0) is 9.47 Å². The smallest absolute Gasteiger partial charge is 0.168 e. The van der Waals surface area contributed by atoms with Gasteiger partial charge in [0.15, 0.2) is 5.79 Å². The molecule has 1 saturated carbocycles. The first-order valence-corrected chi connectivity index (χ1v) is 7.27. The van der Waals surface area contributed by atoms with Crippen molar-refractivity contribution in [2.24, 2.45) is 5.92 Å². The van der Waals surface area contributed by atoms with Crippen molar-refractivity contribution in [3.8, 4) is 0 Å². The lowest BCUT2D eigenvalue weighted by atomic mass is 9.75. The van der Waals surface area contributed by atoms with Crippen molar-refractivity contribution in [2.75, 3.05) is 19.8 Å². The van der Waals surface area contributed by atoms with Gasteiger partial charge < -0.3 is 14.6 Å². The molecule has 0 radical (unpaired) electrons. The van der Waals surface area contributed by atoms with Gasteiger partial charge in [0.05, 0.1) is 19.8 Å². The Morgan fingerprint density at radius 3 is 2.63 bits per heavy atom. The molecular formula is C16H22O3. The first-order valence-electron chi connectivity index (χ1n) is 7.27. The minimum absolute atomic E-state index is 0.199. The second-order valence-corrected chi connectivity index (χ2v) is 5.66. The summed E-state index contributed by atoms with van der Waals surface area (Å²) in [6, 6.07) is 10.3. The molecule has 1 aliphatic heterocycles. The van der Waals surface area contributed by atoms with Crippen molar-refractivity contribution in [1.29, 1.82) is 0 Å². The van der Waals surface area contributed by atoms with Gasteiger partial charge in [-0.15, -0.1) is 0 Å². The molecule has 1 spiro atoms. The summed E-state index contributed by atoms with van der Waals surface area (Å²) < 4.78 is 11.7. The summed E-state index contributed by atoms with van der Waals surface area (Å²) in [5.41, 5.74) is 1.23. The molecule has 3 heteroatoms. The third-order valence-corrected chi connectivity index (χ3v) is 4.51. The quantitative estimate of drug-likeness (QED) is 0.910. The lowest BCUT2D eigenvalue weighted by Crippen LogP contribution is -2.38. The van der Waals surface area contributed by atoms with E-state index in [1.165, 1.54) is 5.56 Å². The molecule has 1 aliphatic carbocycles. The highest BCUT2D eigenvalue weighted by molar-refractivity contribution is 5.20. The molecule has 0 aromatic heterocycles. The molecule has 1 aromatic rings. The van der Waals surface area contributed by atoms with E-state index in [9.17, 15) is 5.11 Å². The molecule has 2 aliphatic rings. The average molecular weight is 262 g/mol. The van der Waals surface area contributed by atoms with Crippen LogP contribution < -0.4 is 0 Å². The molecule has 2 fully saturated rings. The van der Waals surface area contributed by atoms with Gasteiger partial charge in [-0.25, -0.2) is 0 Å². The van der Waals surface area contributed by atoms with Crippen molar-refractivity contribution >= 4 is 0 Å². The Morgan fingerprint density at radius 2 is 1.95 bits per heavy atom. The molecule has 3 nitrogen and oxygen atoms in total. The molecular weight excluding hydrogens is 240 g/mol. The van der Waals surface area contributed by atoms with Crippen LogP contribution in [0.5, 0.6) is 0 Å². The fraction of sp³-hybridized carbons (Fsp3) is 0.625. The van der Waals surface area contributed by atoms with Crippen LogP contribution >= 0.6 is 0 Å². The zero-order chi connectivity index (χ0) is 13.1. The van der Waals surface area contributed by atoms with Crippen LogP contribution in [0.25, 0.3) is 0 Å². The number of rotatable bonds is 3. The Labute approximate surface area is 114 Å². The summed E-state index contributed by atoms with van der Waals surface area (Å²) in [5.74, 6) is 0.288. The highest BCUT2D eigenvalue weighted by Crippen LogP contribution is 2.44. The van der Waals surface area contributed by atoms with Crippen LogP contribution in [-0.4, -0.2) is 30.7 Å². The van der Waals surface area contributed by atoms with E-state index in [-0.39, 0.29) is 18.3 Å². The van der Waals surface area contributed by atoms with Crippen LogP contribution in [0.4, 0.5) is 0 Å². The first kappa shape index (κ1) is 13.1. The van der Waals surface area contributed by atoms with Gasteiger partial charge in [-0.2, -0.15) is 0 Å². The van der Waals surface area contributed by atoms with Crippen LogP contribution in [0.1, 0.15) is 37.2 Å². The summed E-state index contributed by atoms with van der Waals surface area (Å²) >= 11 is 0. The average Bonchev–Trinajstić information content (AvgIpc) is 2.89. The van der Waals surface area contributed by atoms with Crippen LogP contribution in [0.2, 0.25) is 0 Å². The zero-order valence-electron chi connectivity index (χ0n) is 11.3. The SMILES string of the molecule is OC[C@@H](c1ccccc1)[C@H]1CCCC2(C1)OCCO2. The van der Waals surface area contributed by atoms with Crippen LogP contribution in [0, 0.1) is 5.92 Å². The topological polar surface area (TPSA) is 38.7 Å². The highest BCUT2D eigenvalue weighted by atomic mass is 16.7. The minimum Gasteiger partial charge on any atom is -0.396 e. The monoisotopic (exact) mass is 262 g/mol. The van der Waals surface area contributed by atoms with Crippen molar-refractivity contribution < 1.29 is 14.6 Å². The standard InChI is InChI=1S/C16H22O3/c17-12-15(13-5-2-1-3-6-13)14-7-4-8-16(11-14)18-9-10-19-16/h1-3,5-6,14-15,17H,4,7-12H2/t14-,15-/m0/s1. The number of hydrogen-bond donors (Lipinski definition) is 1. The van der Waals surface area contributed by atoms with Crippen molar-refractivity contribution in [3.05, 3.63) is 35.9 Å². The highest BCUT2D eigenvalue weighted by Gasteiger charge is 2.43. The van der Waals surface area contributed by atoms with Gasteiger partial charge in [-0.05, 0) is 24.3 Å². The molecule has 0 bridgehead atoms. The molecule has 0 unspecified atom stereocenters. The van der Waals surface area contributed by atoms with E-state index < -0.39 is 0 Å². The van der Waals surface area contributed by atoms with Crippen LogP contribution in [0.15, 0.2) is 30.3 Å². The maximum atomic E-state index is 9.78. The van der Waals surface area contributed by atoms with Crippen molar-refractivity contribution in [3.63, 3.8) is 0 Å². The van der Waals surface area contributed by atoms with Crippen LogP contribution in [0.3, 0.4) is 0 Å². The van der Waals surface area contributed by atoms with E-state index in [1.54, 1.807) is 0 Å². The lowest BCUT2D eigenvalue weighted by molar-refractivity contribution is -0.189. The number of hydrogen-bond acceptors (Lipinski definition) is 3. The number of benzene rings is 1. The van der Waals surface area contributed by atoms with E-state index in [4.69, 9.17) is 9.47 Å². The molecule has 19 heavy (non-hydrogen) atoms. The molecule has 104 valence electrons. The number of aliphatic hydroxyl groups is 1. The third-order valence-electron chi connectivity index (χ3n) is 4.51. The third kappa shape index (κ3) is 2.69. The fourth-order valence-electron chi connectivity index (χ4n) is 3.57. The van der Waals surface area contributed by atoms with E-state index in [0.29, 0.717) is 19.1 Å². The molecule has 1 heterocycles. The summed E-state index contributed by atoms with van der Waals surface area (Å²) in [4.78, 5) is 0. The Morgan fingerprint density at radius 1 is 1.21 bits per heavy atom. The number of aliphatic hydroxyl groups excluding tert-OH is 1. The van der Waals surface area contributed by atoms with Gasteiger partial charge in [-0.1, -0.05) is 30.3 Å². The number of ether oxygens (including phenoxy) is 2. The van der Waals surface area contributed by atoms with Gasteiger partial charge >= 0.3 is 0 Å². The van der Waals surface area contributed by atoms with Crippen molar-refractivity contribution in [1.82, 2.24) is 0 Å². The normalized spacial score (nSPS) is 27.5. The van der Waals surface area contributed by atoms with Gasteiger partial charge in [0.2, 0.25) is 0 Å². The van der Waals surface area contributed by atoms with Gasteiger partial charge in [-0.3, -0.25) is 0 Å². The molecule has 3 rings (SSSR count). The maximum absolute atomic E-state index is 9.78. The lowest BCUT2D eigenvalue weighted by Gasteiger charge is -2.39. The van der Waals surface area contributed by atoms with Gasteiger partial charge in [0, 0.05) is 18.8 Å². The van der Waals surface area contributed by atoms with Gasteiger partial charge in [0.25, 0.3) is 0 Å². The summed E-state index contributed by atoms with van der Waals surface area (Å²) in [5, 5.41) is 9.78. The first-order chi connectivity index (χ1) is 9.33. The molecule has 1 N–H and O–H groups in total. The maximum Gasteiger partial charge on any atom is 0.168 e. The van der Waals surface area contributed by atoms with Crippen molar-refractivity contribution in [2.45, 2.75) is 37.4 Å². The second kappa shape index (κ2) is 5.61. The molecule has 0 amide bonds. The van der Waals surface area contributed by atoms with E-state index in [1.807, 2.05) is 18.2 Å². The summed E-state index contributed by atoms with van der Waals surface area (Å²) in [6.45, 7) is 1.62. The summed E-state index contributed by atoms with van der Waals surface area (Å²) in [6.07, 6.45) is 4.17. The second-order valence-electron chi connectivity index (χ2n) is 5.66. The Bertz CT molecular complexity index is 398. The minimum atomic E-state index is -0.356. The zero-order valence-corrected chi connectivity index (χ0v) is 11.3.